The Labute approximate surface area is 168 Å². The lowest BCUT2D eigenvalue weighted by Gasteiger charge is -2.38. The normalized spacial score (nSPS) is 26.1. The fourth-order valence-electron chi connectivity index (χ4n) is 3.91. The third-order valence-electron chi connectivity index (χ3n) is 5.23. The van der Waals surface area contributed by atoms with E-state index in [9.17, 15) is 18.4 Å². The van der Waals surface area contributed by atoms with Gasteiger partial charge in [0.15, 0.2) is 0 Å². The number of hydrogen-bond donors (Lipinski definition) is 3. The average Bonchev–Trinajstić information content (AvgIpc) is 3.07. The second-order valence-corrected chi connectivity index (χ2v) is 8.93. The first-order valence-electron chi connectivity index (χ1n) is 9.22. The molecular formula is C19H21N3O6S. The lowest BCUT2D eigenvalue weighted by Crippen LogP contribution is -2.62. The molecule has 3 N–H and O–H groups in total. The number of aromatic nitrogens is 1. The molecule has 4 rings (SSSR count). The highest BCUT2D eigenvalue weighted by molar-refractivity contribution is 7.89. The van der Waals surface area contributed by atoms with E-state index in [2.05, 4.69) is 9.71 Å². The van der Waals surface area contributed by atoms with Gasteiger partial charge in [-0.15, -0.1) is 0 Å². The largest absolute Gasteiger partial charge is 0.457 e. The Bertz CT molecular complexity index is 969. The van der Waals surface area contributed by atoms with Crippen LogP contribution in [-0.4, -0.2) is 42.3 Å². The SMILES string of the molecule is O=C(NO)[C@@]1(NS(=O)(=O)c2ccc(Oc3ccncc3)cc2)C[C@H]2CC[C@@H](C1)O2. The summed E-state index contributed by atoms with van der Waals surface area (Å²) < 4.78 is 39.8. The van der Waals surface area contributed by atoms with Crippen LogP contribution in [0.2, 0.25) is 0 Å². The molecule has 29 heavy (non-hydrogen) atoms. The molecule has 3 atom stereocenters. The monoisotopic (exact) mass is 419 g/mol. The van der Waals surface area contributed by atoms with Gasteiger partial charge in [0.2, 0.25) is 10.0 Å². The van der Waals surface area contributed by atoms with Crippen LogP contribution in [0.5, 0.6) is 11.5 Å². The molecule has 1 aromatic heterocycles. The summed E-state index contributed by atoms with van der Waals surface area (Å²) in [5, 5.41) is 9.19. The molecule has 0 aliphatic carbocycles. The van der Waals surface area contributed by atoms with Crippen LogP contribution in [-0.2, 0) is 19.6 Å². The predicted molar refractivity (Wildman–Crippen MR) is 101 cm³/mol. The first-order valence-corrected chi connectivity index (χ1v) is 10.7. The molecule has 9 nitrogen and oxygen atoms in total. The van der Waals surface area contributed by atoms with E-state index in [4.69, 9.17) is 9.47 Å². The topological polar surface area (TPSA) is 127 Å². The second kappa shape index (κ2) is 7.71. The number of benzene rings is 1. The van der Waals surface area contributed by atoms with Crippen molar-refractivity contribution in [2.75, 3.05) is 0 Å². The molecule has 1 aromatic carbocycles. The third kappa shape index (κ3) is 4.10. The third-order valence-corrected chi connectivity index (χ3v) is 6.79. The fourth-order valence-corrected chi connectivity index (χ4v) is 5.29. The number of carbonyl (C=O) groups is 1. The Morgan fingerprint density at radius 1 is 1.07 bits per heavy atom. The molecule has 0 radical (unpaired) electrons. The number of nitrogens with zero attached hydrogens (tertiary/aromatic N) is 1. The quantitative estimate of drug-likeness (QED) is 0.481. The zero-order chi connectivity index (χ0) is 20.5. The Hall–Kier alpha value is -2.53. The van der Waals surface area contributed by atoms with Crippen LogP contribution in [0.15, 0.2) is 53.7 Å². The van der Waals surface area contributed by atoms with E-state index < -0.39 is 21.5 Å². The minimum Gasteiger partial charge on any atom is -0.457 e. The predicted octanol–water partition coefficient (Wildman–Crippen LogP) is 1.74. The van der Waals surface area contributed by atoms with Crippen molar-refractivity contribution in [1.82, 2.24) is 15.2 Å². The van der Waals surface area contributed by atoms with Gasteiger partial charge in [0.1, 0.15) is 17.0 Å². The van der Waals surface area contributed by atoms with E-state index in [1.54, 1.807) is 30.0 Å². The van der Waals surface area contributed by atoms with Crippen molar-refractivity contribution in [3.8, 4) is 11.5 Å². The van der Waals surface area contributed by atoms with E-state index in [1.807, 2.05) is 0 Å². The maximum atomic E-state index is 13.0. The van der Waals surface area contributed by atoms with Gasteiger partial charge < -0.3 is 9.47 Å². The first kappa shape index (κ1) is 19.8. The highest BCUT2D eigenvalue weighted by atomic mass is 32.2. The molecule has 10 heteroatoms. The van der Waals surface area contributed by atoms with Crippen molar-refractivity contribution in [2.45, 2.75) is 48.3 Å². The van der Waals surface area contributed by atoms with Gasteiger partial charge in [-0.05, 0) is 49.2 Å². The molecular weight excluding hydrogens is 398 g/mol. The molecule has 0 saturated carbocycles. The summed E-state index contributed by atoms with van der Waals surface area (Å²) in [5.74, 6) is 0.256. The number of rotatable bonds is 6. The average molecular weight is 419 g/mol. The van der Waals surface area contributed by atoms with Gasteiger partial charge in [-0.2, -0.15) is 4.72 Å². The van der Waals surface area contributed by atoms with Crippen molar-refractivity contribution in [2.24, 2.45) is 0 Å². The Morgan fingerprint density at radius 2 is 1.66 bits per heavy atom. The minimum atomic E-state index is -4.03. The van der Waals surface area contributed by atoms with Crippen LogP contribution in [0.25, 0.3) is 0 Å². The number of hydrogen-bond acceptors (Lipinski definition) is 7. The molecule has 0 spiro atoms. The zero-order valence-electron chi connectivity index (χ0n) is 15.4. The summed E-state index contributed by atoms with van der Waals surface area (Å²) in [6, 6.07) is 9.23. The van der Waals surface area contributed by atoms with Crippen molar-refractivity contribution < 1.29 is 27.9 Å². The number of ether oxygens (including phenoxy) is 2. The summed E-state index contributed by atoms with van der Waals surface area (Å²) in [6.07, 6.45) is 4.59. The maximum absolute atomic E-state index is 13.0. The lowest BCUT2D eigenvalue weighted by molar-refractivity contribution is -0.142. The molecule has 2 aliphatic rings. The molecule has 2 bridgehead atoms. The fraction of sp³-hybridized carbons (Fsp3) is 0.368. The molecule has 154 valence electrons. The molecule has 2 saturated heterocycles. The van der Waals surface area contributed by atoms with Gasteiger partial charge >= 0.3 is 0 Å². The number of hydroxylamine groups is 1. The lowest BCUT2D eigenvalue weighted by atomic mass is 9.87. The van der Waals surface area contributed by atoms with Crippen LogP contribution < -0.4 is 14.9 Å². The number of sulfonamides is 1. The smallest absolute Gasteiger partial charge is 0.264 e. The van der Waals surface area contributed by atoms with Gasteiger partial charge in [0.05, 0.1) is 17.1 Å². The molecule has 0 unspecified atom stereocenters. The Morgan fingerprint density at radius 3 is 2.24 bits per heavy atom. The minimum absolute atomic E-state index is 0.0106. The number of pyridine rings is 1. The number of fused-ring (bicyclic) bond motifs is 2. The van der Waals surface area contributed by atoms with E-state index >= 15 is 0 Å². The van der Waals surface area contributed by atoms with Crippen molar-refractivity contribution in [1.29, 1.82) is 0 Å². The summed E-state index contributed by atoms with van der Waals surface area (Å²) in [4.78, 5) is 16.3. The summed E-state index contributed by atoms with van der Waals surface area (Å²) in [5.41, 5.74) is 0.154. The van der Waals surface area contributed by atoms with Gasteiger partial charge in [0.25, 0.3) is 5.91 Å². The summed E-state index contributed by atoms with van der Waals surface area (Å²) in [6.45, 7) is 0. The highest BCUT2D eigenvalue weighted by Crippen LogP contribution is 2.39. The van der Waals surface area contributed by atoms with Crippen molar-refractivity contribution in [3.63, 3.8) is 0 Å². The van der Waals surface area contributed by atoms with Gasteiger partial charge in [0, 0.05) is 25.2 Å². The van der Waals surface area contributed by atoms with Gasteiger partial charge in [-0.3, -0.25) is 15.0 Å². The molecule has 1 amide bonds. The molecule has 2 aromatic rings. The standard InChI is InChI=1S/C19H21N3O6S/c23-18(21-24)19(11-15-1-2-16(12-19)28-15)22-29(25,26)17-5-3-13(4-6-17)27-14-7-9-20-10-8-14/h3-10,15-16,22,24H,1-2,11-12H2,(H,21,23)/t15-,16+,19-. The van der Waals surface area contributed by atoms with E-state index in [-0.39, 0.29) is 29.9 Å². The molecule has 2 aliphatic heterocycles. The van der Waals surface area contributed by atoms with E-state index in [1.165, 1.54) is 24.3 Å². The van der Waals surface area contributed by atoms with Crippen LogP contribution in [0.1, 0.15) is 25.7 Å². The van der Waals surface area contributed by atoms with E-state index in [0.717, 1.165) is 12.8 Å². The first-order chi connectivity index (χ1) is 13.9. The highest BCUT2D eigenvalue weighted by Gasteiger charge is 2.51. The number of nitrogens with one attached hydrogen (secondary N) is 2. The Balaban J connectivity index is 1.55. The van der Waals surface area contributed by atoms with E-state index in [0.29, 0.717) is 11.5 Å². The van der Waals surface area contributed by atoms with Crippen LogP contribution in [0.4, 0.5) is 0 Å². The van der Waals surface area contributed by atoms with Crippen LogP contribution in [0.3, 0.4) is 0 Å². The van der Waals surface area contributed by atoms with Crippen molar-refractivity contribution >= 4 is 15.9 Å². The van der Waals surface area contributed by atoms with Crippen LogP contribution >= 0.6 is 0 Å². The summed E-state index contributed by atoms with van der Waals surface area (Å²) in [7, 11) is -4.03. The van der Waals surface area contributed by atoms with Gasteiger partial charge in [-0.1, -0.05) is 0 Å². The van der Waals surface area contributed by atoms with Gasteiger partial charge in [-0.25, -0.2) is 13.9 Å². The maximum Gasteiger partial charge on any atom is 0.264 e. The summed E-state index contributed by atoms with van der Waals surface area (Å²) >= 11 is 0. The number of amides is 1. The Kier molecular flexibility index (Phi) is 5.26. The molecule has 3 heterocycles. The number of carbonyl (C=O) groups excluding carboxylic acids is 1. The zero-order valence-corrected chi connectivity index (χ0v) is 16.3. The van der Waals surface area contributed by atoms with Crippen LogP contribution in [0, 0.1) is 0 Å². The molecule has 2 fully saturated rings. The second-order valence-electron chi connectivity index (χ2n) is 7.25. The van der Waals surface area contributed by atoms with Crippen molar-refractivity contribution in [3.05, 3.63) is 48.8 Å².